The van der Waals surface area contributed by atoms with Crippen molar-refractivity contribution in [2.24, 2.45) is 5.92 Å². The zero-order valence-electron chi connectivity index (χ0n) is 14.3. The molecule has 2 unspecified atom stereocenters. The summed E-state index contributed by atoms with van der Waals surface area (Å²) >= 11 is 6.13. The Morgan fingerprint density at radius 1 is 1.12 bits per heavy atom. The molecule has 0 saturated carbocycles. The minimum Gasteiger partial charge on any atom is -0.481 e. The fourth-order valence-corrected chi connectivity index (χ4v) is 3.47. The summed E-state index contributed by atoms with van der Waals surface area (Å²) in [6.45, 7) is 0.797. The van der Waals surface area contributed by atoms with Crippen LogP contribution in [0.1, 0.15) is 30.0 Å². The minimum atomic E-state index is -0.850. The lowest BCUT2D eigenvalue weighted by Crippen LogP contribution is -2.48. The average molecular weight is 373 g/mol. The molecule has 5 nitrogen and oxygen atoms in total. The molecule has 6 heteroatoms. The van der Waals surface area contributed by atoms with Gasteiger partial charge in [-0.3, -0.25) is 4.79 Å². The average Bonchev–Trinajstić information content (AvgIpc) is 2.66. The molecule has 0 bridgehead atoms. The molecule has 0 radical (unpaired) electrons. The number of rotatable bonds is 4. The number of nitrogens with one attached hydrogen (secondary N) is 1. The van der Waals surface area contributed by atoms with Crippen LogP contribution in [0, 0.1) is 5.92 Å². The minimum absolute atomic E-state index is 0.234. The summed E-state index contributed by atoms with van der Waals surface area (Å²) in [5, 5.41) is 12.9. The Labute approximate surface area is 157 Å². The molecule has 2 N–H and O–H groups in total. The van der Waals surface area contributed by atoms with Gasteiger partial charge in [0.15, 0.2) is 0 Å². The molecule has 0 spiro atoms. The van der Waals surface area contributed by atoms with Crippen molar-refractivity contribution in [1.29, 1.82) is 0 Å². The Bertz CT molecular complexity index is 782. The molecule has 2 amide bonds. The van der Waals surface area contributed by atoms with Crippen LogP contribution in [0.4, 0.5) is 4.79 Å². The Balaban J connectivity index is 1.82. The van der Waals surface area contributed by atoms with E-state index in [0.717, 1.165) is 11.1 Å². The number of likely N-dealkylation sites (tertiary alicyclic amines) is 1. The van der Waals surface area contributed by atoms with Crippen LogP contribution in [-0.2, 0) is 4.79 Å². The van der Waals surface area contributed by atoms with E-state index >= 15 is 0 Å². The largest absolute Gasteiger partial charge is 0.481 e. The van der Waals surface area contributed by atoms with Gasteiger partial charge in [-0.2, -0.15) is 0 Å². The highest BCUT2D eigenvalue weighted by atomic mass is 35.5. The van der Waals surface area contributed by atoms with Crippen molar-refractivity contribution in [2.75, 3.05) is 13.1 Å². The summed E-state index contributed by atoms with van der Waals surface area (Å²) < 4.78 is 0. The smallest absolute Gasteiger partial charge is 0.318 e. The molecule has 1 heterocycles. The Morgan fingerprint density at radius 3 is 2.54 bits per heavy atom. The lowest BCUT2D eigenvalue weighted by atomic mass is 9.97. The van der Waals surface area contributed by atoms with E-state index in [0.29, 0.717) is 24.4 Å². The third-order valence-corrected chi connectivity index (χ3v) is 4.88. The zero-order valence-corrected chi connectivity index (χ0v) is 15.0. The van der Waals surface area contributed by atoms with E-state index in [-0.39, 0.29) is 18.6 Å². The third kappa shape index (κ3) is 4.35. The van der Waals surface area contributed by atoms with Gasteiger partial charge in [0.1, 0.15) is 0 Å². The number of carbonyl (C=O) groups is 2. The number of urea groups is 1. The van der Waals surface area contributed by atoms with Crippen molar-refractivity contribution in [1.82, 2.24) is 10.2 Å². The topological polar surface area (TPSA) is 69.6 Å². The van der Waals surface area contributed by atoms with Gasteiger partial charge in [0.2, 0.25) is 0 Å². The highest BCUT2D eigenvalue weighted by molar-refractivity contribution is 6.30. The van der Waals surface area contributed by atoms with Crippen molar-refractivity contribution in [3.63, 3.8) is 0 Å². The first-order valence-corrected chi connectivity index (χ1v) is 9.01. The van der Waals surface area contributed by atoms with Gasteiger partial charge >= 0.3 is 12.0 Å². The highest BCUT2D eigenvalue weighted by Gasteiger charge is 2.29. The van der Waals surface area contributed by atoms with E-state index < -0.39 is 11.9 Å². The van der Waals surface area contributed by atoms with Crippen LogP contribution in [0.3, 0.4) is 0 Å². The zero-order chi connectivity index (χ0) is 18.5. The molecule has 2 aromatic rings. The Hall–Kier alpha value is -2.53. The number of halogens is 1. The van der Waals surface area contributed by atoms with Gasteiger partial charge in [0.05, 0.1) is 12.0 Å². The molecule has 1 saturated heterocycles. The maximum absolute atomic E-state index is 12.8. The molecule has 136 valence electrons. The van der Waals surface area contributed by atoms with E-state index in [4.69, 9.17) is 11.6 Å². The molecule has 1 fully saturated rings. The summed E-state index contributed by atoms with van der Waals surface area (Å²) in [7, 11) is 0. The van der Waals surface area contributed by atoms with Crippen LogP contribution in [0.25, 0.3) is 0 Å². The number of benzene rings is 2. The van der Waals surface area contributed by atoms with Gasteiger partial charge in [-0.05, 0) is 36.1 Å². The molecule has 2 aromatic carbocycles. The van der Waals surface area contributed by atoms with E-state index in [9.17, 15) is 14.7 Å². The number of carboxylic acid groups (broad SMARTS) is 1. The normalized spacial score (nSPS) is 18.2. The van der Waals surface area contributed by atoms with Crippen LogP contribution in [0.15, 0.2) is 54.6 Å². The molecular weight excluding hydrogens is 352 g/mol. The second-order valence-electron chi connectivity index (χ2n) is 6.47. The fraction of sp³-hybridized carbons (Fsp3) is 0.300. The maximum Gasteiger partial charge on any atom is 0.318 e. The standard InChI is InChI=1S/C20H21ClN2O3/c21-17-10-4-8-15(12-17)18(14-6-2-1-3-7-14)22-20(26)23-11-5-9-16(13-23)19(24)25/h1-4,6-8,10,12,16,18H,5,9,11,13H2,(H,22,26)(H,24,25). The van der Waals surface area contributed by atoms with Crippen molar-refractivity contribution < 1.29 is 14.7 Å². The second kappa shape index (κ2) is 8.23. The second-order valence-corrected chi connectivity index (χ2v) is 6.91. The van der Waals surface area contributed by atoms with Gasteiger partial charge in [-0.25, -0.2) is 4.79 Å². The number of carbonyl (C=O) groups excluding carboxylic acids is 1. The first-order valence-electron chi connectivity index (χ1n) is 8.63. The summed E-state index contributed by atoms with van der Waals surface area (Å²) in [5.41, 5.74) is 1.82. The summed E-state index contributed by atoms with van der Waals surface area (Å²) in [5.74, 6) is -1.35. The van der Waals surface area contributed by atoms with Crippen molar-refractivity contribution in [2.45, 2.75) is 18.9 Å². The van der Waals surface area contributed by atoms with Crippen LogP contribution in [-0.4, -0.2) is 35.1 Å². The molecule has 1 aliphatic heterocycles. The van der Waals surface area contributed by atoms with E-state index in [1.165, 1.54) is 0 Å². The number of piperidine rings is 1. The quantitative estimate of drug-likeness (QED) is 0.854. The van der Waals surface area contributed by atoms with Gasteiger partial charge < -0.3 is 15.3 Å². The number of aliphatic carboxylic acids is 1. The van der Waals surface area contributed by atoms with Crippen molar-refractivity contribution in [3.8, 4) is 0 Å². The number of hydrogen-bond donors (Lipinski definition) is 2. The molecule has 1 aliphatic rings. The van der Waals surface area contributed by atoms with Crippen LogP contribution >= 0.6 is 11.6 Å². The van der Waals surface area contributed by atoms with Crippen LogP contribution in [0.5, 0.6) is 0 Å². The van der Waals surface area contributed by atoms with Gasteiger partial charge in [0, 0.05) is 18.1 Å². The van der Waals surface area contributed by atoms with Crippen molar-refractivity contribution >= 4 is 23.6 Å². The maximum atomic E-state index is 12.8. The van der Waals surface area contributed by atoms with E-state index in [2.05, 4.69) is 5.32 Å². The third-order valence-electron chi connectivity index (χ3n) is 4.64. The predicted molar refractivity (Wildman–Crippen MR) is 100 cm³/mol. The molecule has 0 aromatic heterocycles. The van der Waals surface area contributed by atoms with E-state index in [1.54, 1.807) is 11.0 Å². The van der Waals surface area contributed by atoms with Crippen LogP contribution < -0.4 is 5.32 Å². The van der Waals surface area contributed by atoms with Gasteiger partial charge in [-0.1, -0.05) is 54.1 Å². The molecule has 2 atom stereocenters. The first-order chi connectivity index (χ1) is 12.5. The molecular formula is C20H21ClN2O3. The number of carboxylic acids is 1. The molecule has 0 aliphatic carbocycles. The number of nitrogens with zero attached hydrogens (tertiary/aromatic N) is 1. The summed E-state index contributed by atoms with van der Waals surface area (Å²) in [4.78, 5) is 25.6. The lowest BCUT2D eigenvalue weighted by Gasteiger charge is -2.32. The summed E-state index contributed by atoms with van der Waals surface area (Å²) in [6, 6.07) is 16.4. The monoisotopic (exact) mass is 372 g/mol. The fourth-order valence-electron chi connectivity index (χ4n) is 3.27. The number of amides is 2. The van der Waals surface area contributed by atoms with Gasteiger partial charge in [-0.15, -0.1) is 0 Å². The lowest BCUT2D eigenvalue weighted by molar-refractivity contribution is -0.143. The first kappa shape index (κ1) is 18.3. The number of hydrogen-bond acceptors (Lipinski definition) is 2. The SMILES string of the molecule is O=C(O)C1CCCN(C(=O)NC(c2ccccc2)c2cccc(Cl)c2)C1. The summed E-state index contributed by atoms with van der Waals surface area (Å²) in [6.07, 6.45) is 1.30. The molecule has 3 rings (SSSR count). The highest BCUT2D eigenvalue weighted by Crippen LogP contribution is 2.25. The van der Waals surface area contributed by atoms with E-state index in [1.807, 2.05) is 48.5 Å². The van der Waals surface area contributed by atoms with Gasteiger partial charge in [0.25, 0.3) is 0 Å². The van der Waals surface area contributed by atoms with Crippen molar-refractivity contribution in [3.05, 3.63) is 70.7 Å². The predicted octanol–water partition coefficient (Wildman–Crippen LogP) is 3.94. The Kier molecular flexibility index (Phi) is 5.78. The Morgan fingerprint density at radius 2 is 1.85 bits per heavy atom. The van der Waals surface area contributed by atoms with Crippen LogP contribution in [0.2, 0.25) is 5.02 Å². The molecule has 26 heavy (non-hydrogen) atoms.